The van der Waals surface area contributed by atoms with Crippen molar-refractivity contribution in [3.63, 3.8) is 0 Å². The first-order valence-electron chi connectivity index (χ1n) is 5.65. The molecule has 0 heterocycles. The van der Waals surface area contributed by atoms with Crippen molar-refractivity contribution in [3.05, 3.63) is 64.7 Å². The molecule has 2 aromatic carbocycles. The maximum atomic E-state index is 12.2. The maximum Gasteiger partial charge on any atom is 0.306 e. The van der Waals surface area contributed by atoms with Crippen molar-refractivity contribution in [2.24, 2.45) is 0 Å². The zero-order chi connectivity index (χ0) is 14.8. The molecule has 0 saturated heterocycles. The lowest BCUT2D eigenvalue weighted by Gasteiger charge is -2.07. The van der Waals surface area contributed by atoms with Crippen LogP contribution in [0.25, 0.3) is 0 Å². The quantitative estimate of drug-likeness (QED) is 0.643. The molecule has 2 rings (SSSR count). The summed E-state index contributed by atoms with van der Waals surface area (Å²) in [4.78, 5) is 12.2. The van der Waals surface area contributed by atoms with Crippen LogP contribution < -0.4 is 4.18 Å². The number of carbonyl (C=O) groups is 1. The fourth-order valence-corrected chi connectivity index (χ4v) is 2.37. The summed E-state index contributed by atoms with van der Waals surface area (Å²) in [5.74, 6) is -0.197. The van der Waals surface area contributed by atoms with Gasteiger partial charge in [-0.25, -0.2) is 0 Å². The second kappa shape index (κ2) is 5.64. The van der Waals surface area contributed by atoms with Crippen LogP contribution in [0, 0.1) is 0 Å². The molecule has 0 spiro atoms. The van der Waals surface area contributed by atoms with Crippen LogP contribution in [-0.4, -0.2) is 20.5 Å². The van der Waals surface area contributed by atoms with Crippen molar-refractivity contribution < 1.29 is 17.4 Å². The van der Waals surface area contributed by atoms with Gasteiger partial charge in [-0.3, -0.25) is 4.79 Å². The van der Waals surface area contributed by atoms with Crippen LogP contribution in [0.15, 0.2) is 48.5 Å². The average molecular weight is 311 g/mol. The number of rotatable bonds is 4. The lowest BCUT2D eigenvalue weighted by atomic mass is 10.0. The van der Waals surface area contributed by atoms with E-state index in [0.29, 0.717) is 11.1 Å². The molecule has 0 N–H and O–H groups in total. The van der Waals surface area contributed by atoms with Crippen molar-refractivity contribution in [2.75, 3.05) is 6.26 Å². The first kappa shape index (κ1) is 14.6. The van der Waals surface area contributed by atoms with Gasteiger partial charge in [0.05, 0.1) is 11.3 Å². The average Bonchev–Trinajstić information content (AvgIpc) is 2.40. The minimum Gasteiger partial charge on any atom is -0.381 e. The summed E-state index contributed by atoms with van der Waals surface area (Å²) < 4.78 is 26.8. The highest BCUT2D eigenvalue weighted by Gasteiger charge is 2.13. The second-order valence-electron chi connectivity index (χ2n) is 4.13. The molecule has 0 aliphatic carbocycles. The van der Waals surface area contributed by atoms with Gasteiger partial charge in [0.25, 0.3) is 0 Å². The summed E-state index contributed by atoms with van der Waals surface area (Å²) in [5.41, 5.74) is 0.891. The second-order valence-corrected chi connectivity index (χ2v) is 6.11. The number of halogens is 1. The smallest absolute Gasteiger partial charge is 0.306 e. The van der Waals surface area contributed by atoms with Crippen molar-refractivity contribution in [3.8, 4) is 5.75 Å². The molecule has 0 unspecified atom stereocenters. The van der Waals surface area contributed by atoms with Gasteiger partial charge in [0.2, 0.25) is 0 Å². The summed E-state index contributed by atoms with van der Waals surface area (Å²) in [6.45, 7) is 0. The van der Waals surface area contributed by atoms with Gasteiger partial charge in [-0.1, -0.05) is 41.9 Å². The molecule has 0 saturated carbocycles. The van der Waals surface area contributed by atoms with E-state index in [4.69, 9.17) is 15.8 Å². The van der Waals surface area contributed by atoms with Gasteiger partial charge in [0.15, 0.2) is 11.5 Å². The summed E-state index contributed by atoms with van der Waals surface area (Å²) in [6, 6.07) is 12.9. The number of carbonyl (C=O) groups excluding carboxylic acids is 1. The number of hydrogen-bond donors (Lipinski definition) is 0. The van der Waals surface area contributed by atoms with Gasteiger partial charge in [-0.2, -0.15) is 8.42 Å². The van der Waals surface area contributed by atoms with E-state index in [1.165, 1.54) is 18.2 Å². The minimum absolute atomic E-state index is 0.00113. The zero-order valence-corrected chi connectivity index (χ0v) is 12.1. The Labute approximate surface area is 122 Å². The Bertz CT molecular complexity index is 739. The largest absolute Gasteiger partial charge is 0.381 e. The molecule has 2 aromatic rings. The van der Waals surface area contributed by atoms with Crippen LogP contribution in [0.4, 0.5) is 0 Å². The van der Waals surface area contributed by atoms with E-state index in [1.807, 2.05) is 6.07 Å². The van der Waals surface area contributed by atoms with Crippen LogP contribution in [0.5, 0.6) is 5.75 Å². The first-order valence-corrected chi connectivity index (χ1v) is 7.85. The molecule has 0 bridgehead atoms. The monoisotopic (exact) mass is 310 g/mol. The van der Waals surface area contributed by atoms with E-state index in [2.05, 4.69) is 0 Å². The van der Waals surface area contributed by atoms with Gasteiger partial charge in [0, 0.05) is 11.1 Å². The SMILES string of the molecule is CS(=O)(=O)Oc1ccc(C(=O)c2ccccc2)cc1Cl. The molecule has 0 aliphatic heterocycles. The summed E-state index contributed by atoms with van der Waals surface area (Å²) in [7, 11) is -3.65. The van der Waals surface area contributed by atoms with Crippen LogP contribution in [0.2, 0.25) is 5.02 Å². The highest BCUT2D eigenvalue weighted by Crippen LogP contribution is 2.27. The predicted molar refractivity (Wildman–Crippen MR) is 76.8 cm³/mol. The molecule has 0 aromatic heterocycles. The number of hydrogen-bond acceptors (Lipinski definition) is 4. The molecule has 4 nitrogen and oxygen atoms in total. The van der Waals surface area contributed by atoms with Crippen LogP contribution in [-0.2, 0) is 10.1 Å². The molecule has 20 heavy (non-hydrogen) atoms. The molecule has 0 fully saturated rings. The third-order valence-corrected chi connectivity index (χ3v) is 3.25. The zero-order valence-electron chi connectivity index (χ0n) is 10.5. The van der Waals surface area contributed by atoms with E-state index in [9.17, 15) is 13.2 Å². The maximum absolute atomic E-state index is 12.2. The molecular formula is C14H11ClO4S. The summed E-state index contributed by atoms with van der Waals surface area (Å²) >= 11 is 5.93. The van der Waals surface area contributed by atoms with Crippen LogP contribution >= 0.6 is 11.6 Å². The minimum atomic E-state index is -3.65. The topological polar surface area (TPSA) is 60.4 Å². The lowest BCUT2D eigenvalue weighted by Crippen LogP contribution is -2.07. The van der Waals surface area contributed by atoms with Gasteiger partial charge in [-0.15, -0.1) is 0 Å². The lowest BCUT2D eigenvalue weighted by molar-refractivity contribution is 0.103. The van der Waals surface area contributed by atoms with Crippen molar-refractivity contribution in [1.29, 1.82) is 0 Å². The van der Waals surface area contributed by atoms with E-state index >= 15 is 0 Å². The van der Waals surface area contributed by atoms with Gasteiger partial charge >= 0.3 is 10.1 Å². The Hall–Kier alpha value is -1.85. The molecular weight excluding hydrogens is 300 g/mol. The van der Waals surface area contributed by atoms with E-state index in [-0.39, 0.29) is 16.6 Å². The highest BCUT2D eigenvalue weighted by molar-refractivity contribution is 7.86. The summed E-state index contributed by atoms with van der Waals surface area (Å²) in [6.07, 6.45) is 0.923. The van der Waals surface area contributed by atoms with Crippen molar-refractivity contribution in [1.82, 2.24) is 0 Å². The predicted octanol–water partition coefficient (Wildman–Crippen LogP) is 2.91. The standard InChI is InChI=1S/C14H11ClO4S/c1-20(17,18)19-13-8-7-11(9-12(13)15)14(16)10-5-3-2-4-6-10/h2-9H,1H3. The third kappa shape index (κ3) is 3.59. The Balaban J connectivity index is 2.32. The van der Waals surface area contributed by atoms with E-state index in [1.54, 1.807) is 24.3 Å². The Kier molecular flexibility index (Phi) is 4.11. The molecule has 0 radical (unpaired) electrons. The highest BCUT2D eigenvalue weighted by atomic mass is 35.5. The molecule has 104 valence electrons. The van der Waals surface area contributed by atoms with Crippen molar-refractivity contribution >= 4 is 27.5 Å². The van der Waals surface area contributed by atoms with Gasteiger partial charge < -0.3 is 4.18 Å². The Morgan fingerprint density at radius 1 is 1.05 bits per heavy atom. The fourth-order valence-electron chi connectivity index (χ4n) is 1.63. The number of ketones is 1. The van der Waals surface area contributed by atoms with Gasteiger partial charge in [-0.05, 0) is 18.2 Å². The normalized spacial score (nSPS) is 11.1. The fraction of sp³-hybridized carbons (Fsp3) is 0.0714. The van der Waals surface area contributed by atoms with Gasteiger partial charge in [0.1, 0.15) is 0 Å². The van der Waals surface area contributed by atoms with Crippen LogP contribution in [0.3, 0.4) is 0 Å². The Morgan fingerprint density at radius 3 is 2.25 bits per heavy atom. The Morgan fingerprint density at radius 2 is 1.70 bits per heavy atom. The molecule has 6 heteroatoms. The van der Waals surface area contributed by atoms with Crippen molar-refractivity contribution in [2.45, 2.75) is 0 Å². The van der Waals surface area contributed by atoms with E-state index < -0.39 is 10.1 Å². The summed E-state index contributed by atoms with van der Waals surface area (Å²) in [5, 5.41) is 0.0669. The molecule has 0 aliphatic rings. The first-order chi connectivity index (χ1) is 9.37. The van der Waals surface area contributed by atoms with E-state index in [0.717, 1.165) is 6.26 Å². The third-order valence-electron chi connectivity index (χ3n) is 2.47. The molecule has 0 amide bonds. The molecule has 0 atom stereocenters. The van der Waals surface area contributed by atoms with Crippen LogP contribution in [0.1, 0.15) is 15.9 Å². The number of benzene rings is 2.